The molecule has 4 nitrogen and oxygen atoms in total. The number of ether oxygens (including phenoxy) is 1. The first kappa shape index (κ1) is 5.58. The van der Waals surface area contributed by atoms with Gasteiger partial charge in [-0.25, -0.2) is 4.68 Å². The summed E-state index contributed by atoms with van der Waals surface area (Å²) < 4.78 is 7.06. The predicted octanol–water partition coefficient (Wildman–Crippen LogP) is 0.248. The number of aryl methyl sites for hydroxylation is 1. The van der Waals surface area contributed by atoms with Gasteiger partial charge >= 0.3 is 0 Å². The molecule has 0 atom stereocenters. The molecule has 0 aromatic carbocycles. The van der Waals surface area contributed by atoms with Crippen molar-refractivity contribution in [3.8, 4) is 5.88 Å². The van der Waals surface area contributed by atoms with Crippen LogP contribution in [0.25, 0.3) is 0 Å². The van der Waals surface area contributed by atoms with Gasteiger partial charge in [0.05, 0.1) is 12.8 Å². The Labute approximate surface area is 58.6 Å². The van der Waals surface area contributed by atoms with Crippen LogP contribution in [-0.4, -0.2) is 16.4 Å². The average Bonchev–Trinajstić information content (AvgIpc) is 2.34. The lowest BCUT2D eigenvalue weighted by Gasteiger charge is -2.14. The highest BCUT2D eigenvalue weighted by molar-refractivity contribution is 5.46. The van der Waals surface area contributed by atoms with Gasteiger partial charge in [-0.15, -0.1) is 0 Å². The Morgan fingerprint density at radius 2 is 2.60 bits per heavy atom. The van der Waals surface area contributed by atoms with Crippen molar-refractivity contribution in [3.63, 3.8) is 0 Å². The lowest BCUT2D eigenvalue weighted by atomic mass is 10.4. The van der Waals surface area contributed by atoms with Crippen LogP contribution in [0.3, 0.4) is 0 Å². The van der Waals surface area contributed by atoms with E-state index in [0.29, 0.717) is 5.69 Å². The van der Waals surface area contributed by atoms with Crippen molar-refractivity contribution in [2.45, 2.75) is 13.0 Å². The molecule has 1 aliphatic rings. The third-order valence-corrected chi connectivity index (χ3v) is 1.57. The average molecular weight is 139 g/mol. The Morgan fingerprint density at radius 3 is 3.40 bits per heavy atom. The van der Waals surface area contributed by atoms with E-state index in [4.69, 9.17) is 10.5 Å². The van der Waals surface area contributed by atoms with Gasteiger partial charge in [0.2, 0.25) is 5.88 Å². The van der Waals surface area contributed by atoms with E-state index in [1.807, 2.05) is 0 Å². The second kappa shape index (κ2) is 1.90. The second-order valence-corrected chi connectivity index (χ2v) is 2.33. The molecule has 1 aromatic rings. The van der Waals surface area contributed by atoms with Crippen LogP contribution in [0, 0.1) is 0 Å². The van der Waals surface area contributed by atoms with Crippen molar-refractivity contribution in [3.05, 3.63) is 6.20 Å². The van der Waals surface area contributed by atoms with Crippen LogP contribution in [0.5, 0.6) is 5.88 Å². The van der Waals surface area contributed by atoms with Gasteiger partial charge < -0.3 is 10.5 Å². The third-order valence-electron chi connectivity index (χ3n) is 1.57. The van der Waals surface area contributed by atoms with E-state index in [1.165, 1.54) is 0 Å². The van der Waals surface area contributed by atoms with Crippen molar-refractivity contribution >= 4 is 5.69 Å². The quantitative estimate of drug-likeness (QED) is 0.560. The Bertz CT molecular complexity index is 243. The number of hydrogen-bond acceptors (Lipinski definition) is 3. The Hall–Kier alpha value is -1.19. The standard InChI is InChI=1S/C6H9N3O/c7-5-4-8-9-2-1-3-10-6(5)9/h4H,1-3,7H2. The van der Waals surface area contributed by atoms with Crippen LogP contribution in [-0.2, 0) is 6.54 Å². The number of nitrogens with zero attached hydrogens (tertiary/aromatic N) is 2. The Balaban J connectivity index is 2.45. The molecular weight excluding hydrogens is 130 g/mol. The van der Waals surface area contributed by atoms with Gasteiger partial charge in [-0.2, -0.15) is 5.10 Å². The van der Waals surface area contributed by atoms with Gasteiger partial charge in [0.25, 0.3) is 0 Å². The van der Waals surface area contributed by atoms with Crippen molar-refractivity contribution in [1.82, 2.24) is 9.78 Å². The summed E-state index contributed by atoms with van der Waals surface area (Å²) in [6.07, 6.45) is 2.65. The molecule has 0 fully saturated rings. The van der Waals surface area contributed by atoms with Crippen LogP contribution in [0.15, 0.2) is 6.20 Å². The van der Waals surface area contributed by atoms with Gasteiger partial charge in [0.15, 0.2) is 0 Å². The SMILES string of the molecule is Nc1cnn2c1OCCC2. The van der Waals surface area contributed by atoms with E-state index in [0.717, 1.165) is 25.5 Å². The Kier molecular flexibility index (Phi) is 1.06. The minimum absolute atomic E-state index is 0.639. The minimum Gasteiger partial charge on any atom is -0.476 e. The molecule has 2 rings (SSSR count). The molecule has 1 aromatic heterocycles. The molecule has 0 spiro atoms. The number of rotatable bonds is 0. The Morgan fingerprint density at radius 1 is 1.70 bits per heavy atom. The molecule has 0 radical (unpaired) electrons. The molecule has 0 amide bonds. The van der Waals surface area contributed by atoms with Crippen molar-refractivity contribution in [2.75, 3.05) is 12.3 Å². The van der Waals surface area contributed by atoms with Crippen LogP contribution >= 0.6 is 0 Å². The number of nitrogens with two attached hydrogens (primary N) is 1. The van der Waals surface area contributed by atoms with E-state index in [2.05, 4.69) is 5.10 Å². The van der Waals surface area contributed by atoms with Crippen LogP contribution in [0.1, 0.15) is 6.42 Å². The fraction of sp³-hybridized carbons (Fsp3) is 0.500. The number of nitrogen functional groups attached to an aromatic ring is 1. The monoisotopic (exact) mass is 139 g/mol. The van der Waals surface area contributed by atoms with Gasteiger partial charge in [-0.3, -0.25) is 0 Å². The zero-order valence-corrected chi connectivity index (χ0v) is 5.58. The highest BCUT2D eigenvalue weighted by atomic mass is 16.5. The van der Waals surface area contributed by atoms with Crippen molar-refractivity contribution in [1.29, 1.82) is 0 Å². The maximum atomic E-state index is 5.55. The van der Waals surface area contributed by atoms with Crippen LogP contribution in [0.2, 0.25) is 0 Å². The first-order valence-corrected chi connectivity index (χ1v) is 3.32. The number of anilines is 1. The van der Waals surface area contributed by atoms with Crippen molar-refractivity contribution < 1.29 is 4.74 Å². The molecule has 54 valence electrons. The summed E-state index contributed by atoms with van der Waals surface area (Å²) in [5, 5.41) is 4.02. The summed E-state index contributed by atoms with van der Waals surface area (Å²) in [6.45, 7) is 1.68. The normalized spacial score (nSPS) is 16.0. The van der Waals surface area contributed by atoms with Gasteiger partial charge in [-0.05, 0) is 0 Å². The smallest absolute Gasteiger partial charge is 0.235 e. The van der Waals surface area contributed by atoms with Crippen LogP contribution < -0.4 is 10.5 Å². The van der Waals surface area contributed by atoms with E-state index in [9.17, 15) is 0 Å². The number of fused-ring (bicyclic) bond motifs is 1. The van der Waals surface area contributed by atoms with E-state index < -0.39 is 0 Å². The molecule has 0 saturated carbocycles. The molecule has 2 heterocycles. The van der Waals surface area contributed by atoms with Gasteiger partial charge in [0, 0.05) is 13.0 Å². The lowest BCUT2D eigenvalue weighted by Crippen LogP contribution is -2.15. The maximum Gasteiger partial charge on any atom is 0.235 e. The second-order valence-electron chi connectivity index (χ2n) is 2.33. The molecule has 4 heteroatoms. The highest BCUT2D eigenvalue weighted by Gasteiger charge is 2.12. The molecule has 0 unspecified atom stereocenters. The zero-order valence-electron chi connectivity index (χ0n) is 5.58. The maximum absolute atomic E-state index is 5.55. The topological polar surface area (TPSA) is 53.1 Å². The molecule has 1 aliphatic heterocycles. The fourth-order valence-corrected chi connectivity index (χ4v) is 1.09. The summed E-state index contributed by atoms with van der Waals surface area (Å²) in [5.41, 5.74) is 6.19. The summed E-state index contributed by atoms with van der Waals surface area (Å²) in [4.78, 5) is 0. The first-order valence-electron chi connectivity index (χ1n) is 3.32. The largest absolute Gasteiger partial charge is 0.476 e. The summed E-state index contributed by atoms with van der Waals surface area (Å²) in [6, 6.07) is 0. The molecule has 0 bridgehead atoms. The molecule has 2 N–H and O–H groups in total. The molecule has 10 heavy (non-hydrogen) atoms. The van der Waals surface area contributed by atoms with Crippen LogP contribution in [0.4, 0.5) is 5.69 Å². The van der Waals surface area contributed by atoms with E-state index >= 15 is 0 Å². The first-order chi connectivity index (χ1) is 4.88. The van der Waals surface area contributed by atoms with Gasteiger partial charge in [-0.1, -0.05) is 0 Å². The summed E-state index contributed by atoms with van der Waals surface area (Å²) in [5.74, 6) is 0.728. The molecule has 0 saturated heterocycles. The molecule has 0 aliphatic carbocycles. The highest BCUT2D eigenvalue weighted by Crippen LogP contribution is 2.23. The number of hydrogen-bond donors (Lipinski definition) is 1. The van der Waals surface area contributed by atoms with E-state index in [1.54, 1.807) is 10.9 Å². The number of aromatic nitrogens is 2. The summed E-state index contributed by atoms with van der Waals surface area (Å²) >= 11 is 0. The third kappa shape index (κ3) is 0.650. The van der Waals surface area contributed by atoms with E-state index in [-0.39, 0.29) is 0 Å². The van der Waals surface area contributed by atoms with Gasteiger partial charge in [0.1, 0.15) is 5.69 Å². The molecular formula is C6H9N3O. The zero-order chi connectivity index (χ0) is 6.97. The predicted molar refractivity (Wildman–Crippen MR) is 36.8 cm³/mol. The van der Waals surface area contributed by atoms with Crippen molar-refractivity contribution in [2.24, 2.45) is 0 Å². The minimum atomic E-state index is 0.639. The lowest BCUT2D eigenvalue weighted by molar-refractivity contribution is 0.232. The summed E-state index contributed by atoms with van der Waals surface area (Å²) in [7, 11) is 0. The fourth-order valence-electron chi connectivity index (χ4n) is 1.09.